The van der Waals surface area contributed by atoms with Gasteiger partial charge in [-0.1, -0.05) is 19.4 Å². The average Bonchev–Trinajstić information content (AvgIpc) is 2.98. The minimum Gasteiger partial charge on any atom is -0.481 e. The zero-order chi connectivity index (χ0) is 20.8. The van der Waals surface area contributed by atoms with E-state index in [2.05, 4.69) is 13.8 Å². The minimum atomic E-state index is -0.868. The molecule has 5 heteroatoms. The molecule has 4 aliphatic carbocycles. The Balaban J connectivity index is 1.45. The number of rotatable bonds is 5. The second-order valence-electron chi connectivity index (χ2n) is 10.3. The van der Waals surface area contributed by atoms with E-state index in [-0.39, 0.29) is 35.7 Å². The number of ether oxygens (including phenoxy) is 1. The Kier molecular flexibility index (Phi) is 5.37. The van der Waals surface area contributed by atoms with Crippen LogP contribution in [0, 0.1) is 28.6 Å². The summed E-state index contributed by atoms with van der Waals surface area (Å²) >= 11 is 0. The van der Waals surface area contributed by atoms with E-state index in [1.54, 1.807) is 0 Å². The number of ketones is 1. The van der Waals surface area contributed by atoms with Gasteiger partial charge in [0, 0.05) is 24.7 Å². The molecule has 0 aromatic heterocycles. The fourth-order valence-electron chi connectivity index (χ4n) is 7.31. The maximum absolute atomic E-state index is 12.3. The maximum Gasteiger partial charge on any atom is 0.306 e. The number of fused-ring (bicyclic) bond motifs is 5. The van der Waals surface area contributed by atoms with Gasteiger partial charge in [-0.2, -0.15) is 0 Å². The second-order valence-corrected chi connectivity index (χ2v) is 10.3. The molecule has 0 radical (unpaired) electrons. The average molecular weight is 403 g/mol. The van der Waals surface area contributed by atoms with Gasteiger partial charge in [-0.15, -0.1) is 0 Å². The van der Waals surface area contributed by atoms with Crippen LogP contribution in [0.15, 0.2) is 11.6 Å². The lowest BCUT2D eigenvalue weighted by Gasteiger charge is -2.57. The molecule has 4 aliphatic rings. The smallest absolute Gasteiger partial charge is 0.306 e. The molecule has 6 atom stereocenters. The summed E-state index contributed by atoms with van der Waals surface area (Å²) in [5.41, 5.74) is 1.59. The molecule has 0 amide bonds. The highest BCUT2D eigenvalue weighted by molar-refractivity contribution is 5.91. The van der Waals surface area contributed by atoms with Gasteiger partial charge in [0.2, 0.25) is 0 Å². The van der Waals surface area contributed by atoms with Crippen molar-refractivity contribution < 1.29 is 24.2 Å². The maximum atomic E-state index is 12.3. The molecule has 3 fully saturated rings. The van der Waals surface area contributed by atoms with Crippen LogP contribution in [0.25, 0.3) is 0 Å². The first-order chi connectivity index (χ1) is 13.7. The van der Waals surface area contributed by atoms with Crippen molar-refractivity contribution in [2.45, 2.75) is 90.6 Å². The van der Waals surface area contributed by atoms with Gasteiger partial charge in [0.05, 0.1) is 0 Å². The normalized spacial score (nSPS) is 41.0. The zero-order valence-corrected chi connectivity index (χ0v) is 17.7. The first-order valence-corrected chi connectivity index (χ1v) is 11.4. The van der Waals surface area contributed by atoms with Crippen LogP contribution in [0.5, 0.6) is 0 Å². The fourth-order valence-corrected chi connectivity index (χ4v) is 7.31. The predicted octanol–water partition coefficient (Wildman–Crippen LogP) is 4.69. The van der Waals surface area contributed by atoms with E-state index < -0.39 is 5.97 Å². The SMILES string of the molecule is C[C@]12CC[C@H]3[C@@H](CCC4=CC(=O)CC[C@@]43C)[C@@H]1CC[C@@H]2OC(=O)CCCC(=O)O. The van der Waals surface area contributed by atoms with Crippen LogP contribution in [0.2, 0.25) is 0 Å². The van der Waals surface area contributed by atoms with Gasteiger partial charge >= 0.3 is 11.9 Å². The molecular weight excluding hydrogens is 368 g/mol. The molecule has 0 aromatic carbocycles. The molecule has 0 heterocycles. The number of carboxylic acids is 1. The Bertz CT molecular complexity index is 740. The minimum absolute atomic E-state index is 0.0142. The Morgan fingerprint density at radius 1 is 1.07 bits per heavy atom. The Hall–Kier alpha value is -1.65. The number of carboxylic acid groups (broad SMARTS) is 1. The third kappa shape index (κ3) is 3.55. The van der Waals surface area contributed by atoms with Crippen LogP contribution in [-0.4, -0.2) is 28.9 Å². The summed E-state index contributed by atoms with van der Waals surface area (Å²) in [6.07, 6.45) is 10.6. The van der Waals surface area contributed by atoms with Gasteiger partial charge in [-0.25, -0.2) is 0 Å². The third-order valence-electron chi connectivity index (χ3n) is 8.92. The summed E-state index contributed by atoms with van der Waals surface area (Å²) in [7, 11) is 0. The lowest BCUT2D eigenvalue weighted by atomic mass is 9.47. The van der Waals surface area contributed by atoms with Gasteiger partial charge in [0.25, 0.3) is 0 Å². The highest BCUT2D eigenvalue weighted by atomic mass is 16.5. The molecule has 0 aliphatic heterocycles. The molecule has 3 saturated carbocycles. The van der Waals surface area contributed by atoms with Crippen LogP contribution in [0.1, 0.15) is 84.5 Å². The van der Waals surface area contributed by atoms with Gasteiger partial charge < -0.3 is 9.84 Å². The summed E-state index contributed by atoms with van der Waals surface area (Å²) < 4.78 is 5.90. The van der Waals surface area contributed by atoms with Crippen molar-refractivity contribution in [2.75, 3.05) is 0 Å². The molecule has 0 saturated heterocycles. The lowest BCUT2D eigenvalue weighted by molar-refractivity contribution is -0.160. The summed E-state index contributed by atoms with van der Waals surface area (Å²) in [4.78, 5) is 34.9. The van der Waals surface area contributed by atoms with Gasteiger partial charge in [-0.3, -0.25) is 14.4 Å². The van der Waals surface area contributed by atoms with E-state index in [0.29, 0.717) is 36.4 Å². The van der Waals surface area contributed by atoms with Gasteiger partial charge in [0.15, 0.2) is 5.78 Å². The topological polar surface area (TPSA) is 80.7 Å². The molecule has 5 nitrogen and oxygen atoms in total. The molecule has 4 rings (SSSR count). The second kappa shape index (κ2) is 7.55. The Labute approximate surface area is 173 Å². The molecule has 0 aromatic rings. The van der Waals surface area contributed by atoms with Crippen molar-refractivity contribution in [3.8, 4) is 0 Å². The third-order valence-corrected chi connectivity index (χ3v) is 8.92. The quantitative estimate of drug-likeness (QED) is 0.675. The van der Waals surface area contributed by atoms with Crippen LogP contribution < -0.4 is 0 Å². The first-order valence-electron chi connectivity index (χ1n) is 11.4. The van der Waals surface area contributed by atoms with Crippen LogP contribution in [-0.2, 0) is 19.1 Å². The van der Waals surface area contributed by atoms with Crippen molar-refractivity contribution in [2.24, 2.45) is 28.6 Å². The standard InChI is InChI=1S/C24H34O5/c1-23-12-10-16(25)14-15(23)6-7-17-18-8-9-20(24(18,2)13-11-19(17)23)29-22(28)5-3-4-21(26)27/h14,17-20H,3-13H2,1-2H3,(H,26,27)/t17-,18-,19-,20-,23-,24-/m0/s1. The largest absolute Gasteiger partial charge is 0.481 e. The molecule has 160 valence electrons. The summed E-state index contributed by atoms with van der Waals surface area (Å²) in [6.45, 7) is 4.70. The van der Waals surface area contributed by atoms with E-state index in [1.165, 1.54) is 5.57 Å². The summed E-state index contributed by atoms with van der Waals surface area (Å²) in [6, 6.07) is 0. The highest BCUT2D eigenvalue weighted by Gasteiger charge is 2.59. The first kappa shape index (κ1) is 20.6. The van der Waals surface area contributed by atoms with E-state index >= 15 is 0 Å². The van der Waals surface area contributed by atoms with Crippen molar-refractivity contribution >= 4 is 17.7 Å². The summed E-state index contributed by atoms with van der Waals surface area (Å²) in [5, 5.41) is 8.76. The molecule has 1 N–H and O–H groups in total. The van der Waals surface area contributed by atoms with E-state index in [4.69, 9.17) is 9.84 Å². The number of carbonyl (C=O) groups excluding carboxylic acids is 2. The molecule has 0 unspecified atom stereocenters. The fraction of sp³-hybridized carbons (Fsp3) is 0.792. The lowest BCUT2D eigenvalue weighted by Crippen LogP contribution is -2.51. The summed E-state index contributed by atoms with van der Waals surface area (Å²) in [5.74, 6) is 1.06. The number of carbonyl (C=O) groups is 3. The monoisotopic (exact) mass is 402 g/mol. The molecule has 0 bridgehead atoms. The number of aliphatic carboxylic acids is 1. The zero-order valence-electron chi connectivity index (χ0n) is 17.7. The van der Waals surface area contributed by atoms with E-state index in [9.17, 15) is 14.4 Å². The van der Waals surface area contributed by atoms with Crippen LogP contribution >= 0.6 is 0 Å². The highest BCUT2D eigenvalue weighted by Crippen LogP contribution is 2.65. The van der Waals surface area contributed by atoms with Gasteiger partial charge in [0.1, 0.15) is 6.10 Å². The molecular formula is C24H34O5. The van der Waals surface area contributed by atoms with Crippen LogP contribution in [0.3, 0.4) is 0 Å². The van der Waals surface area contributed by atoms with Crippen molar-refractivity contribution in [3.63, 3.8) is 0 Å². The number of hydrogen-bond acceptors (Lipinski definition) is 4. The number of esters is 1. The van der Waals surface area contributed by atoms with Crippen molar-refractivity contribution in [3.05, 3.63) is 11.6 Å². The Morgan fingerprint density at radius 2 is 1.86 bits per heavy atom. The van der Waals surface area contributed by atoms with Crippen molar-refractivity contribution in [1.82, 2.24) is 0 Å². The Morgan fingerprint density at radius 3 is 2.62 bits per heavy atom. The molecule has 0 spiro atoms. The molecule has 29 heavy (non-hydrogen) atoms. The number of allylic oxidation sites excluding steroid dienone is 1. The van der Waals surface area contributed by atoms with Gasteiger partial charge in [-0.05, 0) is 80.6 Å². The predicted molar refractivity (Wildman–Crippen MR) is 108 cm³/mol. The number of hydrogen-bond donors (Lipinski definition) is 1. The van der Waals surface area contributed by atoms with Crippen molar-refractivity contribution in [1.29, 1.82) is 0 Å². The van der Waals surface area contributed by atoms with E-state index in [1.807, 2.05) is 6.08 Å². The van der Waals surface area contributed by atoms with E-state index in [0.717, 1.165) is 44.9 Å². The van der Waals surface area contributed by atoms with Crippen LogP contribution in [0.4, 0.5) is 0 Å².